The van der Waals surface area contributed by atoms with Crippen LogP contribution < -0.4 is 10.2 Å². The quantitative estimate of drug-likeness (QED) is 0.855. The van der Waals surface area contributed by atoms with Crippen molar-refractivity contribution in [1.29, 1.82) is 0 Å². The summed E-state index contributed by atoms with van der Waals surface area (Å²) >= 11 is 0. The average Bonchev–Trinajstić information content (AvgIpc) is 2.60. The molecule has 144 valence electrons. The highest BCUT2D eigenvalue weighted by Crippen LogP contribution is 2.30. The molecule has 0 bridgehead atoms. The van der Waals surface area contributed by atoms with E-state index in [0.29, 0.717) is 5.69 Å². The van der Waals surface area contributed by atoms with Crippen LogP contribution in [0.4, 0.5) is 21.9 Å². The first-order valence-electron chi connectivity index (χ1n) is 8.79. The fourth-order valence-electron chi connectivity index (χ4n) is 2.47. The summed E-state index contributed by atoms with van der Waals surface area (Å²) in [6.07, 6.45) is -0.535. The lowest BCUT2D eigenvalue weighted by Gasteiger charge is -2.25. The molecule has 0 spiro atoms. The van der Waals surface area contributed by atoms with E-state index < -0.39 is 11.7 Å². The standard InChI is InChI=1S/C21H27N3O3/c1-21(2,3)27-20(26)23(4)15-19(25)22-17-13-9-10-14-18(17)24(5)16-11-7-6-8-12-16/h6-14H,15H2,1-5H3,(H,22,25). The predicted octanol–water partition coefficient (Wildman–Crippen LogP) is 4.26. The molecule has 0 heterocycles. The van der Waals surface area contributed by atoms with Crippen molar-refractivity contribution in [2.75, 3.05) is 30.9 Å². The summed E-state index contributed by atoms with van der Waals surface area (Å²) in [6.45, 7) is 5.26. The Morgan fingerprint density at radius 3 is 2.19 bits per heavy atom. The first kappa shape index (κ1) is 20.3. The third kappa shape index (κ3) is 6.02. The van der Waals surface area contributed by atoms with Gasteiger partial charge in [-0.05, 0) is 45.0 Å². The molecular formula is C21H27N3O3. The van der Waals surface area contributed by atoms with Gasteiger partial charge in [-0.15, -0.1) is 0 Å². The summed E-state index contributed by atoms with van der Waals surface area (Å²) in [5.74, 6) is -0.294. The Hall–Kier alpha value is -3.02. The number of likely N-dealkylation sites (N-methyl/N-ethyl adjacent to an activating group) is 1. The summed E-state index contributed by atoms with van der Waals surface area (Å²) in [6, 6.07) is 17.4. The Balaban J connectivity index is 2.07. The number of hydrogen-bond acceptors (Lipinski definition) is 4. The van der Waals surface area contributed by atoms with Crippen molar-refractivity contribution in [3.8, 4) is 0 Å². The second-order valence-electron chi connectivity index (χ2n) is 7.30. The maximum atomic E-state index is 12.4. The van der Waals surface area contributed by atoms with E-state index in [1.807, 2.05) is 66.5 Å². The lowest BCUT2D eigenvalue weighted by Crippen LogP contribution is -2.38. The molecule has 0 saturated heterocycles. The summed E-state index contributed by atoms with van der Waals surface area (Å²) in [4.78, 5) is 27.7. The molecule has 0 aliphatic heterocycles. The van der Waals surface area contributed by atoms with Gasteiger partial charge in [-0.2, -0.15) is 0 Å². The van der Waals surface area contributed by atoms with Gasteiger partial charge in [0.05, 0.1) is 11.4 Å². The molecule has 0 aliphatic rings. The zero-order valence-electron chi connectivity index (χ0n) is 16.5. The van der Waals surface area contributed by atoms with Crippen molar-refractivity contribution in [3.63, 3.8) is 0 Å². The molecule has 27 heavy (non-hydrogen) atoms. The Bertz CT molecular complexity index is 785. The molecule has 0 fully saturated rings. The molecule has 6 nitrogen and oxygen atoms in total. The molecule has 2 rings (SSSR count). The number of carbonyl (C=O) groups excluding carboxylic acids is 2. The molecule has 0 atom stereocenters. The largest absolute Gasteiger partial charge is 0.444 e. The van der Waals surface area contributed by atoms with Crippen LogP contribution in [0.3, 0.4) is 0 Å². The van der Waals surface area contributed by atoms with Crippen LogP contribution in [-0.4, -0.2) is 43.1 Å². The van der Waals surface area contributed by atoms with Gasteiger partial charge < -0.3 is 19.9 Å². The van der Waals surface area contributed by atoms with E-state index in [1.165, 1.54) is 11.9 Å². The minimum Gasteiger partial charge on any atom is -0.444 e. The number of nitrogens with one attached hydrogen (secondary N) is 1. The number of nitrogens with zero attached hydrogens (tertiary/aromatic N) is 2. The molecule has 2 aromatic carbocycles. The van der Waals surface area contributed by atoms with Gasteiger partial charge in [-0.1, -0.05) is 30.3 Å². The van der Waals surface area contributed by atoms with E-state index in [-0.39, 0.29) is 12.5 Å². The summed E-state index contributed by atoms with van der Waals surface area (Å²) in [5, 5.41) is 2.88. The fraction of sp³-hybridized carbons (Fsp3) is 0.333. The lowest BCUT2D eigenvalue weighted by molar-refractivity contribution is -0.117. The van der Waals surface area contributed by atoms with Gasteiger partial charge in [0.2, 0.25) is 5.91 Å². The molecule has 2 amide bonds. The van der Waals surface area contributed by atoms with Crippen molar-refractivity contribution in [3.05, 3.63) is 54.6 Å². The van der Waals surface area contributed by atoms with Crippen LogP contribution in [0.1, 0.15) is 20.8 Å². The van der Waals surface area contributed by atoms with E-state index in [9.17, 15) is 9.59 Å². The molecule has 2 aromatic rings. The van der Waals surface area contributed by atoms with E-state index in [1.54, 1.807) is 20.8 Å². The van der Waals surface area contributed by atoms with Gasteiger partial charge in [-0.3, -0.25) is 4.79 Å². The van der Waals surface area contributed by atoms with Crippen LogP contribution in [0.25, 0.3) is 0 Å². The molecule has 0 radical (unpaired) electrons. The van der Waals surface area contributed by atoms with Crippen LogP contribution in [0, 0.1) is 0 Å². The van der Waals surface area contributed by atoms with E-state index >= 15 is 0 Å². The minimum absolute atomic E-state index is 0.0989. The predicted molar refractivity (Wildman–Crippen MR) is 108 cm³/mol. The zero-order chi connectivity index (χ0) is 20.0. The van der Waals surface area contributed by atoms with Gasteiger partial charge >= 0.3 is 6.09 Å². The Morgan fingerprint density at radius 2 is 1.56 bits per heavy atom. The minimum atomic E-state index is -0.604. The number of benzene rings is 2. The van der Waals surface area contributed by atoms with Gasteiger partial charge in [0.15, 0.2) is 0 Å². The highest BCUT2D eigenvalue weighted by Gasteiger charge is 2.21. The normalized spacial score (nSPS) is 10.9. The van der Waals surface area contributed by atoms with Gasteiger partial charge in [0.1, 0.15) is 12.1 Å². The van der Waals surface area contributed by atoms with Crippen molar-refractivity contribution < 1.29 is 14.3 Å². The number of carbonyl (C=O) groups is 2. The van der Waals surface area contributed by atoms with Crippen LogP contribution in [0.15, 0.2) is 54.6 Å². The molecule has 0 unspecified atom stereocenters. The first-order valence-corrected chi connectivity index (χ1v) is 8.79. The third-order valence-electron chi connectivity index (χ3n) is 3.77. The zero-order valence-corrected chi connectivity index (χ0v) is 16.5. The molecule has 0 aromatic heterocycles. The van der Waals surface area contributed by atoms with Gasteiger partial charge in [-0.25, -0.2) is 4.79 Å². The fourth-order valence-corrected chi connectivity index (χ4v) is 2.47. The number of amides is 2. The maximum absolute atomic E-state index is 12.4. The number of ether oxygens (including phenoxy) is 1. The SMILES string of the molecule is CN(CC(=O)Nc1ccccc1N(C)c1ccccc1)C(=O)OC(C)(C)C. The highest BCUT2D eigenvalue weighted by molar-refractivity contribution is 5.97. The van der Waals surface area contributed by atoms with Crippen LogP contribution >= 0.6 is 0 Å². The molecule has 0 aliphatic carbocycles. The van der Waals surface area contributed by atoms with E-state index in [2.05, 4.69) is 5.32 Å². The van der Waals surface area contributed by atoms with Crippen molar-refractivity contribution in [2.24, 2.45) is 0 Å². The Kier molecular flexibility index (Phi) is 6.45. The summed E-state index contributed by atoms with van der Waals surface area (Å²) in [7, 11) is 3.47. The smallest absolute Gasteiger partial charge is 0.410 e. The monoisotopic (exact) mass is 369 g/mol. The second kappa shape index (κ2) is 8.58. The molecule has 0 saturated carbocycles. The van der Waals surface area contributed by atoms with Crippen LogP contribution in [0.5, 0.6) is 0 Å². The van der Waals surface area contributed by atoms with E-state index in [4.69, 9.17) is 4.74 Å². The Morgan fingerprint density at radius 1 is 0.963 bits per heavy atom. The number of anilines is 3. The molecule has 6 heteroatoms. The number of hydrogen-bond donors (Lipinski definition) is 1. The van der Waals surface area contributed by atoms with Crippen molar-refractivity contribution >= 4 is 29.1 Å². The topological polar surface area (TPSA) is 61.9 Å². The van der Waals surface area contributed by atoms with Crippen LogP contribution in [-0.2, 0) is 9.53 Å². The molecule has 1 N–H and O–H groups in total. The lowest BCUT2D eigenvalue weighted by atomic mass is 10.2. The maximum Gasteiger partial charge on any atom is 0.410 e. The molecular weight excluding hydrogens is 342 g/mol. The first-order chi connectivity index (χ1) is 12.7. The van der Waals surface area contributed by atoms with E-state index in [0.717, 1.165) is 11.4 Å². The van der Waals surface area contributed by atoms with Crippen molar-refractivity contribution in [1.82, 2.24) is 4.90 Å². The van der Waals surface area contributed by atoms with Crippen LogP contribution in [0.2, 0.25) is 0 Å². The summed E-state index contributed by atoms with van der Waals surface area (Å²) < 4.78 is 5.27. The van der Waals surface area contributed by atoms with Gasteiger partial charge in [0, 0.05) is 19.8 Å². The summed E-state index contributed by atoms with van der Waals surface area (Å²) in [5.41, 5.74) is 1.93. The average molecular weight is 369 g/mol. The number of para-hydroxylation sites is 3. The third-order valence-corrected chi connectivity index (χ3v) is 3.77. The van der Waals surface area contributed by atoms with Crippen molar-refractivity contribution in [2.45, 2.75) is 26.4 Å². The highest BCUT2D eigenvalue weighted by atomic mass is 16.6. The number of rotatable bonds is 5. The Labute approximate surface area is 160 Å². The second-order valence-corrected chi connectivity index (χ2v) is 7.30. The van der Waals surface area contributed by atoms with Gasteiger partial charge in [0.25, 0.3) is 0 Å².